The van der Waals surface area contributed by atoms with E-state index < -0.39 is 48.3 Å². The van der Waals surface area contributed by atoms with Crippen molar-refractivity contribution in [2.75, 3.05) is 18.0 Å². The van der Waals surface area contributed by atoms with E-state index in [0.717, 1.165) is 0 Å². The number of anilines is 1. The summed E-state index contributed by atoms with van der Waals surface area (Å²) in [6.07, 6.45) is -4.75. The number of hydrogen-bond acceptors (Lipinski definition) is 3. The van der Waals surface area contributed by atoms with Gasteiger partial charge in [0.2, 0.25) is 0 Å². The summed E-state index contributed by atoms with van der Waals surface area (Å²) < 4.78 is 50.7. The summed E-state index contributed by atoms with van der Waals surface area (Å²) in [6.45, 7) is -1.71. The van der Waals surface area contributed by atoms with Crippen molar-refractivity contribution in [2.45, 2.75) is 6.18 Å². The molecule has 0 aromatic heterocycles. The molecular formula is C11H9F4NO4. The van der Waals surface area contributed by atoms with Crippen LogP contribution in [0.2, 0.25) is 0 Å². The van der Waals surface area contributed by atoms with E-state index in [4.69, 9.17) is 10.2 Å². The van der Waals surface area contributed by atoms with Crippen molar-refractivity contribution < 1.29 is 37.4 Å². The monoisotopic (exact) mass is 295 g/mol. The van der Waals surface area contributed by atoms with Crippen molar-refractivity contribution in [3.63, 3.8) is 0 Å². The van der Waals surface area contributed by atoms with E-state index in [-0.39, 0.29) is 6.07 Å². The van der Waals surface area contributed by atoms with Crippen LogP contribution in [-0.2, 0) is 15.8 Å². The van der Waals surface area contributed by atoms with Crippen molar-refractivity contribution >= 4 is 17.6 Å². The van der Waals surface area contributed by atoms with E-state index >= 15 is 0 Å². The van der Waals surface area contributed by atoms with Crippen LogP contribution in [0.15, 0.2) is 18.2 Å². The first-order chi connectivity index (χ1) is 9.11. The molecule has 20 heavy (non-hydrogen) atoms. The zero-order valence-electron chi connectivity index (χ0n) is 9.82. The van der Waals surface area contributed by atoms with Gasteiger partial charge in [-0.05, 0) is 18.2 Å². The third-order valence-electron chi connectivity index (χ3n) is 2.27. The highest BCUT2D eigenvalue weighted by molar-refractivity contribution is 5.79. The molecule has 0 amide bonds. The van der Waals surface area contributed by atoms with Gasteiger partial charge in [0.05, 0.1) is 11.3 Å². The van der Waals surface area contributed by atoms with E-state index in [0.29, 0.717) is 17.0 Å². The van der Waals surface area contributed by atoms with Crippen LogP contribution in [0.3, 0.4) is 0 Å². The molecule has 0 saturated carbocycles. The Morgan fingerprint density at radius 3 is 1.95 bits per heavy atom. The molecule has 0 aliphatic heterocycles. The fraction of sp³-hybridized carbons (Fsp3) is 0.273. The fourth-order valence-electron chi connectivity index (χ4n) is 1.49. The minimum atomic E-state index is -4.75. The summed E-state index contributed by atoms with van der Waals surface area (Å²) >= 11 is 0. The molecule has 0 heterocycles. The first-order valence-electron chi connectivity index (χ1n) is 5.16. The minimum absolute atomic E-state index is 0.187. The SMILES string of the molecule is O=C(O)CN(CC(=O)O)c1ccc(C(F)(F)F)cc1F. The molecule has 9 heteroatoms. The molecule has 0 fully saturated rings. The predicted octanol–water partition coefficient (Wildman–Crippen LogP) is 1.82. The molecular weight excluding hydrogens is 286 g/mol. The second kappa shape index (κ2) is 5.76. The number of rotatable bonds is 5. The smallest absolute Gasteiger partial charge is 0.416 e. The van der Waals surface area contributed by atoms with Gasteiger partial charge in [-0.2, -0.15) is 13.2 Å². The predicted molar refractivity (Wildman–Crippen MR) is 58.9 cm³/mol. The minimum Gasteiger partial charge on any atom is -0.480 e. The third kappa shape index (κ3) is 4.11. The maximum absolute atomic E-state index is 13.6. The van der Waals surface area contributed by atoms with Crippen LogP contribution < -0.4 is 4.90 Å². The lowest BCUT2D eigenvalue weighted by Crippen LogP contribution is -2.35. The highest BCUT2D eigenvalue weighted by atomic mass is 19.4. The summed E-state index contributed by atoms with van der Waals surface area (Å²) in [5.41, 5.74) is -1.77. The van der Waals surface area contributed by atoms with Gasteiger partial charge in [-0.25, -0.2) is 4.39 Å². The number of carboxylic acids is 2. The van der Waals surface area contributed by atoms with Gasteiger partial charge < -0.3 is 15.1 Å². The first-order valence-corrected chi connectivity index (χ1v) is 5.16. The molecule has 0 radical (unpaired) electrons. The summed E-state index contributed by atoms with van der Waals surface area (Å²) in [7, 11) is 0. The normalized spacial score (nSPS) is 11.2. The van der Waals surface area contributed by atoms with Crippen LogP contribution in [0.25, 0.3) is 0 Å². The maximum atomic E-state index is 13.6. The van der Waals surface area contributed by atoms with Gasteiger partial charge in [0.25, 0.3) is 0 Å². The van der Waals surface area contributed by atoms with E-state index in [1.807, 2.05) is 0 Å². The van der Waals surface area contributed by atoms with Crippen LogP contribution in [0.4, 0.5) is 23.2 Å². The van der Waals surface area contributed by atoms with E-state index in [1.165, 1.54) is 0 Å². The molecule has 0 aliphatic carbocycles. The maximum Gasteiger partial charge on any atom is 0.416 e. The molecule has 0 atom stereocenters. The molecule has 5 nitrogen and oxygen atoms in total. The molecule has 1 aromatic carbocycles. The Hall–Kier alpha value is -2.32. The van der Waals surface area contributed by atoms with Crippen molar-refractivity contribution in [3.05, 3.63) is 29.6 Å². The van der Waals surface area contributed by atoms with Gasteiger partial charge in [0, 0.05) is 0 Å². The molecule has 2 N–H and O–H groups in total. The molecule has 0 saturated heterocycles. The average molecular weight is 295 g/mol. The number of aliphatic carboxylic acids is 2. The summed E-state index contributed by atoms with van der Waals surface area (Å²) in [5, 5.41) is 17.2. The van der Waals surface area contributed by atoms with Crippen molar-refractivity contribution in [3.8, 4) is 0 Å². The van der Waals surface area contributed by atoms with Gasteiger partial charge in [-0.3, -0.25) is 9.59 Å². The van der Waals surface area contributed by atoms with Crippen LogP contribution in [0, 0.1) is 5.82 Å². The summed E-state index contributed by atoms with van der Waals surface area (Å²) in [5.74, 6) is -4.22. The van der Waals surface area contributed by atoms with E-state index in [1.54, 1.807) is 0 Å². The zero-order chi connectivity index (χ0) is 15.5. The second-order valence-corrected chi connectivity index (χ2v) is 3.81. The molecule has 0 unspecified atom stereocenters. The standard InChI is InChI=1S/C11H9F4NO4/c12-7-3-6(11(13,14)15)1-2-8(7)16(4-9(17)18)5-10(19)20/h1-3H,4-5H2,(H,17,18)(H,19,20). The van der Waals surface area contributed by atoms with Gasteiger partial charge in [-0.1, -0.05) is 0 Å². The van der Waals surface area contributed by atoms with Crippen LogP contribution in [0.5, 0.6) is 0 Å². The van der Waals surface area contributed by atoms with Crippen LogP contribution in [0.1, 0.15) is 5.56 Å². The van der Waals surface area contributed by atoms with Crippen molar-refractivity contribution in [1.29, 1.82) is 0 Å². The zero-order valence-corrected chi connectivity index (χ0v) is 9.82. The molecule has 0 aliphatic rings. The largest absolute Gasteiger partial charge is 0.480 e. The Labute approximate surface area is 110 Å². The molecule has 110 valence electrons. The lowest BCUT2D eigenvalue weighted by atomic mass is 10.1. The molecule has 1 aromatic rings. The molecule has 1 rings (SSSR count). The number of benzene rings is 1. The quantitative estimate of drug-likeness (QED) is 0.810. The summed E-state index contributed by atoms with van der Waals surface area (Å²) in [4.78, 5) is 21.7. The van der Waals surface area contributed by atoms with E-state index in [9.17, 15) is 27.2 Å². The average Bonchev–Trinajstić information content (AvgIpc) is 2.25. The Kier molecular flexibility index (Phi) is 4.53. The van der Waals surface area contributed by atoms with Gasteiger partial charge in [0.1, 0.15) is 18.9 Å². The number of halogens is 4. The second-order valence-electron chi connectivity index (χ2n) is 3.81. The van der Waals surface area contributed by atoms with Crippen molar-refractivity contribution in [2.24, 2.45) is 0 Å². The van der Waals surface area contributed by atoms with Gasteiger partial charge >= 0.3 is 18.1 Å². The molecule has 0 bridgehead atoms. The first kappa shape index (κ1) is 15.7. The Morgan fingerprint density at radius 1 is 1.10 bits per heavy atom. The number of hydrogen-bond donors (Lipinski definition) is 2. The Morgan fingerprint density at radius 2 is 1.60 bits per heavy atom. The number of carbonyl (C=O) groups is 2. The topological polar surface area (TPSA) is 77.8 Å². The highest BCUT2D eigenvalue weighted by Crippen LogP contribution is 2.32. The number of alkyl halides is 3. The summed E-state index contributed by atoms with van der Waals surface area (Å²) in [6, 6.07) is 1.44. The van der Waals surface area contributed by atoms with Crippen molar-refractivity contribution in [1.82, 2.24) is 0 Å². The third-order valence-corrected chi connectivity index (χ3v) is 2.27. The van der Waals surface area contributed by atoms with Crippen LogP contribution >= 0.6 is 0 Å². The molecule has 0 spiro atoms. The Bertz CT molecular complexity index is 514. The lowest BCUT2D eigenvalue weighted by molar-refractivity contribution is -0.138. The van der Waals surface area contributed by atoms with Gasteiger partial charge in [0.15, 0.2) is 0 Å². The van der Waals surface area contributed by atoms with E-state index in [2.05, 4.69) is 0 Å². The van der Waals surface area contributed by atoms with Crippen LogP contribution in [-0.4, -0.2) is 35.2 Å². The fourth-order valence-corrected chi connectivity index (χ4v) is 1.49. The van der Waals surface area contributed by atoms with Gasteiger partial charge in [-0.15, -0.1) is 0 Å². The Balaban J connectivity index is 3.14. The highest BCUT2D eigenvalue weighted by Gasteiger charge is 2.31. The number of nitrogens with zero attached hydrogens (tertiary/aromatic N) is 1. The lowest BCUT2D eigenvalue weighted by Gasteiger charge is -2.21. The number of carboxylic acid groups (broad SMARTS) is 2.